The Bertz CT molecular complexity index is 1400. The monoisotopic (exact) mass is 452 g/mol. The van der Waals surface area contributed by atoms with Crippen LogP contribution in [0, 0.1) is 27.7 Å². The molecule has 0 aliphatic rings. The van der Waals surface area contributed by atoms with Crippen LogP contribution < -0.4 is 10.6 Å². The average Bonchev–Trinajstić information content (AvgIpc) is 3.36. The van der Waals surface area contributed by atoms with Gasteiger partial charge in [0.2, 0.25) is 11.9 Å². The lowest BCUT2D eigenvalue weighted by Gasteiger charge is -2.05. The molecular formula is C26H24N6O2. The fourth-order valence-electron chi connectivity index (χ4n) is 3.82. The van der Waals surface area contributed by atoms with Crippen LogP contribution in [0.4, 0.5) is 11.9 Å². The van der Waals surface area contributed by atoms with E-state index in [9.17, 15) is 9.59 Å². The maximum Gasteiger partial charge on any atom is 0.257 e. The summed E-state index contributed by atoms with van der Waals surface area (Å²) in [6.07, 6.45) is 0. The molecule has 8 nitrogen and oxygen atoms in total. The summed E-state index contributed by atoms with van der Waals surface area (Å²) in [4.78, 5) is 40.8. The van der Waals surface area contributed by atoms with E-state index >= 15 is 0 Å². The topological polar surface area (TPSA) is 116 Å². The lowest BCUT2D eigenvalue weighted by molar-refractivity contribution is 0.102. The van der Waals surface area contributed by atoms with Crippen molar-refractivity contribution in [3.63, 3.8) is 0 Å². The van der Waals surface area contributed by atoms with Crippen molar-refractivity contribution in [3.05, 3.63) is 81.9 Å². The van der Waals surface area contributed by atoms with Crippen LogP contribution >= 0.6 is 0 Å². The standard InChI is InChI=1S/C26H24N6O2/c1-13-8-19-20(9-14(13)2)28-25(27-19)31-23(33)17-6-5-7-18(12-17)24(34)32-26-29-21-10-15(3)16(4)11-22(21)30-26/h5-12H,1-4H3,(H2,27,28,31,33)(H2,29,30,32,34). The zero-order valence-corrected chi connectivity index (χ0v) is 19.3. The molecule has 0 aliphatic heterocycles. The van der Waals surface area contributed by atoms with Crippen LogP contribution in [-0.2, 0) is 0 Å². The zero-order chi connectivity index (χ0) is 24.0. The lowest BCUT2D eigenvalue weighted by Crippen LogP contribution is -2.16. The Balaban J connectivity index is 1.33. The highest BCUT2D eigenvalue weighted by molar-refractivity contribution is 6.08. The number of carbonyl (C=O) groups is 2. The number of aryl methyl sites for hydroxylation is 4. The minimum atomic E-state index is -0.364. The molecule has 0 aliphatic carbocycles. The molecule has 0 fully saturated rings. The Kier molecular flexibility index (Phi) is 5.13. The number of aromatic amines is 2. The second kappa shape index (κ2) is 8.15. The highest BCUT2D eigenvalue weighted by Crippen LogP contribution is 2.21. The molecule has 170 valence electrons. The second-order valence-corrected chi connectivity index (χ2v) is 8.57. The van der Waals surface area contributed by atoms with E-state index in [1.807, 2.05) is 52.0 Å². The summed E-state index contributed by atoms with van der Waals surface area (Å²) in [5.74, 6) is -0.0193. The number of fused-ring (bicyclic) bond motifs is 2. The molecule has 0 radical (unpaired) electrons. The molecule has 5 rings (SSSR count). The number of nitrogens with zero attached hydrogens (tertiary/aromatic N) is 2. The van der Waals surface area contributed by atoms with E-state index in [0.717, 1.165) is 44.3 Å². The third-order valence-electron chi connectivity index (χ3n) is 6.05. The summed E-state index contributed by atoms with van der Waals surface area (Å²) in [6, 6.07) is 14.5. The summed E-state index contributed by atoms with van der Waals surface area (Å²) < 4.78 is 0. The largest absolute Gasteiger partial charge is 0.324 e. The molecular weight excluding hydrogens is 428 g/mol. The van der Waals surface area contributed by atoms with Crippen molar-refractivity contribution in [2.24, 2.45) is 0 Å². The SMILES string of the molecule is Cc1cc2nc(NC(=O)c3cccc(C(=O)Nc4nc5cc(C)c(C)cc5[nH]4)c3)[nH]c2cc1C. The molecule has 0 bridgehead atoms. The number of benzene rings is 3. The van der Waals surface area contributed by atoms with Crippen molar-refractivity contribution in [1.29, 1.82) is 0 Å². The highest BCUT2D eigenvalue weighted by Gasteiger charge is 2.14. The van der Waals surface area contributed by atoms with Gasteiger partial charge in [-0.05, 0) is 92.4 Å². The smallest absolute Gasteiger partial charge is 0.257 e. The zero-order valence-electron chi connectivity index (χ0n) is 19.3. The van der Waals surface area contributed by atoms with Gasteiger partial charge < -0.3 is 9.97 Å². The van der Waals surface area contributed by atoms with Crippen molar-refractivity contribution in [2.75, 3.05) is 10.6 Å². The summed E-state index contributed by atoms with van der Waals surface area (Å²) in [7, 11) is 0. The van der Waals surface area contributed by atoms with Gasteiger partial charge in [0, 0.05) is 11.1 Å². The van der Waals surface area contributed by atoms with E-state index in [4.69, 9.17) is 0 Å². The minimum absolute atomic E-state index is 0.344. The van der Waals surface area contributed by atoms with Crippen LogP contribution in [0.25, 0.3) is 22.1 Å². The Hall–Kier alpha value is -4.46. The molecule has 5 aromatic rings. The van der Waals surface area contributed by atoms with Gasteiger partial charge in [0.15, 0.2) is 0 Å². The fraction of sp³-hybridized carbons (Fsp3) is 0.154. The maximum absolute atomic E-state index is 12.8. The van der Waals surface area contributed by atoms with Crippen LogP contribution in [0.5, 0.6) is 0 Å². The molecule has 2 heterocycles. The maximum atomic E-state index is 12.8. The van der Waals surface area contributed by atoms with Crippen LogP contribution in [0.1, 0.15) is 43.0 Å². The number of hydrogen-bond donors (Lipinski definition) is 4. The molecule has 0 atom stereocenters. The molecule has 0 spiro atoms. The minimum Gasteiger partial charge on any atom is -0.324 e. The molecule has 2 aromatic heterocycles. The quantitative estimate of drug-likeness (QED) is 0.301. The van der Waals surface area contributed by atoms with Crippen LogP contribution in [0.3, 0.4) is 0 Å². The molecule has 34 heavy (non-hydrogen) atoms. The van der Waals surface area contributed by atoms with Crippen LogP contribution in [0.2, 0.25) is 0 Å². The Morgan fingerprint density at radius 2 is 1.06 bits per heavy atom. The van der Waals surface area contributed by atoms with E-state index in [0.29, 0.717) is 23.0 Å². The number of amides is 2. The molecule has 0 saturated carbocycles. The number of aromatic nitrogens is 4. The predicted molar refractivity (Wildman–Crippen MR) is 133 cm³/mol. The van der Waals surface area contributed by atoms with E-state index < -0.39 is 0 Å². The fourth-order valence-corrected chi connectivity index (χ4v) is 3.82. The molecule has 0 unspecified atom stereocenters. The molecule has 4 N–H and O–H groups in total. The first-order valence-electron chi connectivity index (χ1n) is 10.9. The summed E-state index contributed by atoms with van der Waals surface area (Å²) in [5.41, 5.74) is 8.49. The van der Waals surface area contributed by atoms with Gasteiger partial charge in [-0.1, -0.05) is 6.07 Å². The Labute approximate surface area is 195 Å². The Morgan fingerprint density at radius 1 is 0.647 bits per heavy atom. The predicted octanol–water partition coefficient (Wildman–Crippen LogP) is 5.18. The van der Waals surface area contributed by atoms with Gasteiger partial charge in [-0.2, -0.15) is 0 Å². The van der Waals surface area contributed by atoms with Gasteiger partial charge in [-0.25, -0.2) is 9.97 Å². The number of rotatable bonds is 4. The van der Waals surface area contributed by atoms with Crippen LogP contribution in [0.15, 0.2) is 48.5 Å². The number of carbonyl (C=O) groups excluding carboxylic acids is 2. The third-order valence-corrected chi connectivity index (χ3v) is 6.05. The lowest BCUT2D eigenvalue weighted by atomic mass is 10.1. The first-order valence-corrected chi connectivity index (χ1v) is 10.9. The highest BCUT2D eigenvalue weighted by atomic mass is 16.2. The van der Waals surface area contributed by atoms with Crippen molar-refractivity contribution in [2.45, 2.75) is 27.7 Å². The van der Waals surface area contributed by atoms with Crippen molar-refractivity contribution >= 4 is 45.8 Å². The summed E-state index contributed by atoms with van der Waals surface area (Å²) in [6.45, 7) is 8.09. The number of H-pyrrole nitrogens is 2. The Morgan fingerprint density at radius 3 is 1.50 bits per heavy atom. The van der Waals surface area contributed by atoms with E-state index in [2.05, 4.69) is 30.6 Å². The van der Waals surface area contributed by atoms with Crippen molar-refractivity contribution < 1.29 is 9.59 Å². The number of imidazole rings is 2. The van der Waals surface area contributed by atoms with E-state index in [-0.39, 0.29) is 11.8 Å². The normalized spacial score (nSPS) is 11.2. The van der Waals surface area contributed by atoms with Gasteiger partial charge in [-0.3, -0.25) is 20.2 Å². The van der Waals surface area contributed by atoms with Crippen LogP contribution in [-0.4, -0.2) is 31.8 Å². The van der Waals surface area contributed by atoms with Gasteiger partial charge in [0.1, 0.15) is 0 Å². The number of anilines is 2. The third kappa shape index (κ3) is 4.01. The number of nitrogens with one attached hydrogen (secondary N) is 4. The molecule has 8 heteroatoms. The van der Waals surface area contributed by atoms with Crippen molar-refractivity contribution in [3.8, 4) is 0 Å². The summed E-state index contributed by atoms with van der Waals surface area (Å²) >= 11 is 0. The van der Waals surface area contributed by atoms with E-state index in [1.54, 1.807) is 24.3 Å². The molecule has 3 aromatic carbocycles. The molecule has 0 saturated heterocycles. The van der Waals surface area contributed by atoms with Gasteiger partial charge in [0.05, 0.1) is 22.1 Å². The summed E-state index contributed by atoms with van der Waals surface area (Å²) in [5, 5.41) is 5.55. The van der Waals surface area contributed by atoms with E-state index in [1.165, 1.54) is 0 Å². The van der Waals surface area contributed by atoms with Gasteiger partial charge in [-0.15, -0.1) is 0 Å². The first-order chi connectivity index (χ1) is 16.3. The molecule has 2 amide bonds. The average molecular weight is 453 g/mol. The van der Waals surface area contributed by atoms with Gasteiger partial charge in [0.25, 0.3) is 11.8 Å². The number of hydrogen-bond acceptors (Lipinski definition) is 4. The first kappa shape index (κ1) is 21.4. The van der Waals surface area contributed by atoms with Gasteiger partial charge >= 0.3 is 0 Å². The second-order valence-electron chi connectivity index (χ2n) is 8.57. The van der Waals surface area contributed by atoms with Crippen molar-refractivity contribution in [1.82, 2.24) is 19.9 Å².